The van der Waals surface area contributed by atoms with Crippen molar-refractivity contribution >= 4 is 17.6 Å². The largest absolute Gasteiger partial charge is 0.352 e. The number of para-hydroxylation sites is 1. The molecule has 1 aromatic carbocycles. The summed E-state index contributed by atoms with van der Waals surface area (Å²) in [5, 5.41) is 3.23. The standard InChI is InChI=1S/C16H19N7/c1-12(2)18-14-19-15(22(3)13-7-5-4-6-8-13)21-16(20-14)23-10-9-17-11-23/h4-12H,1-3H3,(H,18,19,20,21). The Kier molecular flexibility index (Phi) is 4.18. The lowest BCUT2D eigenvalue weighted by Gasteiger charge is -2.19. The molecular formula is C16H19N7. The van der Waals surface area contributed by atoms with Gasteiger partial charge in [-0.3, -0.25) is 4.57 Å². The summed E-state index contributed by atoms with van der Waals surface area (Å²) in [6.45, 7) is 4.09. The zero-order chi connectivity index (χ0) is 16.2. The van der Waals surface area contributed by atoms with E-state index in [1.165, 1.54) is 0 Å². The smallest absolute Gasteiger partial charge is 0.241 e. The zero-order valence-corrected chi connectivity index (χ0v) is 13.4. The zero-order valence-electron chi connectivity index (χ0n) is 13.4. The number of imidazole rings is 1. The summed E-state index contributed by atoms with van der Waals surface area (Å²) in [6, 6.07) is 10.2. The molecule has 0 fully saturated rings. The van der Waals surface area contributed by atoms with Gasteiger partial charge in [0.25, 0.3) is 0 Å². The average Bonchev–Trinajstić information content (AvgIpc) is 3.08. The van der Waals surface area contributed by atoms with Crippen molar-refractivity contribution in [3.05, 3.63) is 49.1 Å². The molecule has 0 saturated carbocycles. The van der Waals surface area contributed by atoms with E-state index < -0.39 is 0 Å². The maximum absolute atomic E-state index is 4.55. The molecule has 0 aliphatic carbocycles. The number of aromatic nitrogens is 5. The van der Waals surface area contributed by atoms with E-state index in [2.05, 4.69) is 25.3 Å². The summed E-state index contributed by atoms with van der Waals surface area (Å²) in [4.78, 5) is 19.5. The van der Waals surface area contributed by atoms with Crippen LogP contribution in [0.2, 0.25) is 0 Å². The number of rotatable bonds is 5. The molecular weight excluding hydrogens is 290 g/mol. The second kappa shape index (κ2) is 6.43. The normalized spacial score (nSPS) is 10.8. The monoisotopic (exact) mass is 309 g/mol. The Labute approximate surface area is 135 Å². The number of nitrogens with zero attached hydrogens (tertiary/aromatic N) is 6. The molecule has 0 amide bonds. The molecule has 2 heterocycles. The average molecular weight is 309 g/mol. The molecule has 2 aromatic heterocycles. The summed E-state index contributed by atoms with van der Waals surface area (Å²) in [5.41, 5.74) is 1.01. The van der Waals surface area contributed by atoms with Gasteiger partial charge in [-0.25, -0.2) is 4.98 Å². The maximum Gasteiger partial charge on any atom is 0.241 e. The lowest BCUT2D eigenvalue weighted by atomic mass is 10.3. The van der Waals surface area contributed by atoms with Crippen LogP contribution in [0.15, 0.2) is 49.1 Å². The number of nitrogens with one attached hydrogen (secondary N) is 1. The fourth-order valence-corrected chi connectivity index (χ4v) is 2.09. The van der Waals surface area contributed by atoms with Crippen LogP contribution in [0.25, 0.3) is 5.95 Å². The fourth-order valence-electron chi connectivity index (χ4n) is 2.09. The molecule has 0 unspecified atom stereocenters. The molecule has 118 valence electrons. The van der Waals surface area contributed by atoms with Gasteiger partial charge in [0.1, 0.15) is 6.33 Å². The van der Waals surface area contributed by atoms with Crippen LogP contribution in [0, 0.1) is 0 Å². The van der Waals surface area contributed by atoms with Crippen LogP contribution >= 0.6 is 0 Å². The van der Waals surface area contributed by atoms with Crippen LogP contribution in [0.1, 0.15) is 13.8 Å². The van der Waals surface area contributed by atoms with Crippen molar-refractivity contribution in [3.8, 4) is 5.95 Å². The Morgan fingerprint density at radius 3 is 2.52 bits per heavy atom. The van der Waals surface area contributed by atoms with E-state index in [0.29, 0.717) is 17.8 Å². The molecule has 0 aliphatic heterocycles. The molecule has 3 rings (SSSR count). The molecule has 1 N–H and O–H groups in total. The topological polar surface area (TPSA) is 71.8 Å². The van der Waals surface area contributed by atoms with E-state index in [9.17, 15) is 0 Å². The highest BCUT2D eigenvalue weighted by Gasteiger charge is 2.13. The number of anilines is 3. The first-order chi connectivity index (χ1) is 11.1. The summed E-state index contributed by atoms with van der Waals surface area (Å²) in [5.74, 6) is 1.63. The van der Waals surface area contributed by atoms with Gasteiger partial charge in [0, 0.05) is 31.2 Å². The maximum atomic E-state index is 4.55. The third-order valence-corrected chi connectivity index (χ3v) is 3.21. The number of hydrogen-bond donors (Lipinski definition) is 1. The Bertz CT molecular complexity index is 753. The van der Waals surface area contributed by atoms with Gasteiger partial charge in [0.2, 0.25) is 17.8 Å². The third-order valence-electron chi connectivity index (χ3n) is 3.21. The van der Waals surface area contributed by atoms with Crippen LogP contribution in [-0.2, 0) is 0 Å². The quantitative estimate of drug-likeness (QED) is 0.781. The highest BCUT2D eigenvalue weighted by atomic mass is 15.3. The molecule has 0 atom stereocenters. The minimum Gasteiger partial charge on any atom is -0.352 e. The van der Waals surface area contributed by atoms with Crippen molar-refractivity contribution in [1.82, 2.24) is 24.5 Å². The van der Waals surface area contributed by atoms with Crippen LogP contribution in [-0.4, -0.2) is 37.6 Å². The Morgan fingerprint density at radius 1 is 1.09 bits per heavy atom. The second-order valence-electron chi connectivity index (χ2n) is 5.42. The Balaban J connectivity index is 2.03. The van der Waals surface area contributed by atoms with E-state index >= 15 is 0 Å². The SMILES string of the molecule is CC(C)Nc1nc(N(C)c2ccccc2)nc(-n2ccnc2)n1. The van der Waals surface area contributed by atoms with Gasteiger partial charge in [-0.2, -0.15) is 15.0 Å². The number of hydrogen-bond acceptors (Lipinski definition) is 6. The van der Waals surface area contributed by atoms with E-state index in [1.54, 1.807) is 23.3 Å². The first kappa shape index (κ1) is 15.0. The molecule has 0 bridgehead atoms. The molecule has 7 heteroatoms. The van der Waals surface area contributed by atoms with Crippen molar-refractivity contribution in [2.45, 2.75) is 19.9 Å². The minimum atomic E-state index is 0.225. The lowest BCUT2D eigenvalue weighted by Crippen LogP contribution is -2.19. The molecule has 0 aliphatic rings. The van der Waals surface area contributed by atoms with E-state index in [-0.39, 0.29) is 6.04 Å². The van der Waals surface area contributed by atoms with Crippen LogP contribution in [0.3, 0.4) is 0 Å². The molecule has 3 aromatic rings. The van der Waals surface area contributed by atoms with Crippen LogP contribution < -0.4 is 10.2 Å². The Morgan fingerprint density at radius 2 is 1.87 bits per heavy atom. The summed E-state index contributed by atoms with van der Waals surface area (Å²) in [6.07, 6.45) is 5.17. The van der Waals surface area contributed by atoms with Gasteiger partial charge in [0.05, 0.1) is 0 Å². The molecule has 23 heavy (non-hydrogen) atoms. The minimum absolute atomic E-state index is 0.225. The van der Waals surface area contributed by atoms with Crippen LogP contribution in [0.4, 0.5) is 17.6 Å². The summed E-state index contributed by atoms with van der Waals surface area (Å²) in [7, 11) is 1.93. The first-order valence-electron chi connectivity index (χ1n) is 7.43. The van der Waals surface area contributed by atoms with E-state index in [0.717, 1.165) is 5.69 Å². The van der Waals surface area contributed by atoms with Crippen molar-refractivity contribution in [3.63, 3.8) is 0 Å². The van der Waals surface area contributed by atoms with Crippen molar-refractivity contribution in [1.29, 1.82) is 0 Å². The van der Waals surface area contributed by atoms with Gasteiger partial charge in [-0.1, -0.05) is 18.2 Å². The van der Waals surface area contributed by atoms with Crippen molar-refractivity contribution < 1.29 is 0 Å². The van der Waals surface area contributed by atoms with Gasteiger partial charge in [-0.05, 0) is 26.0 Å². The van der Waals surface area contributed by atoms with Gasteiger partial charge >= 0.3 is 0 Å². The summed E-state index contributed by atoms with van der Waals surface area (Å²) < 4.78 is 1.76. The van der Waals surface area contributed by atoms with Crippen LogP contribution in [0.5, 0.6) is 0 Å². The van der Waals surface area contributed by atoms with Crippen molar-refractivity contribution in [2.75, 3.05) is 17.3 Å². The highest BCUT2D eigenvalue weighted by molar-refractivity contribution is 5.57. The first-order valence-corrected chi connectivity index (χ1v) is 7.43. The molecule has 0 radical (unpaired) electrons. The number of benzene rings is 1. The van der Waals surface area contributed by atoms with Gasteiger partial charge in [-0.15, -0.1) is 0 Å². The Hall–Kier alpha value is -2.96. The predicted octanol–water partition coefficient (Wildman–Crippen LogP) is 2.65. The second-order valence-corrected chi connectivity index (χ2v) is 5.42. The third kappa shape index (κ3) is 3.45. The van der Waals surface area contributed by atoms with E-state index in [4.69, 9.17) is 0 Å². The lowest BCUT2D eigenvalue weighted by molar-refractivity contribution is 0.836. The fraction of sp³-hybridized carbons (Fsp3) is 0.250. The van der Waals surface area contributed by atoms with Gasteiger partial charge in [0.15, 0.2) is 0 Å². The van der Waals surface area contributed by atoms with Gasteiger partial charge < -0.3 is 10.2 Å². The summed E-state index contributed by atoms with van der Waals surface area (Å²) >= 11 is 0. The highest BCUT2D eigenvalue weighted by Crippen LogP contribution is 2.21. The van der Waals surface area contributed by atoms with E-state index in [1.807, 2.05) is 56.1 Å². The molecule has 7 nitrogen and oxygen atoms in total. The molecule has 0 saturated heterocycles. The van der Waals surface area contributed by atoms with Crippen molar-refractivity contribution in [2.24, 2.45) is 0 Å². The molecule has 0 spiro atoms. The predicted molar refractivity (Wildman–Crippen MR) is 90.2 cm³/mol.